The van der Waals surface area contributed by atoms with Gasteiger partial charge in [0.1, 0.15) is 12.4 Å². The molecule has 0 bridgehead atoms. The number of nitrogens with zero attached hydrogens (tertiary/aromatic N) is 2. The Morgan fingerprint density at radius 1 is 1.12 bits per heavy atom. The van der Waals surface area contributed by atoms with Crippen LogP contribution in [0, 0.1) is 6.92 Å². The number of halogens is 1. The summed E-state index contributed by atoms with van der Waals surface area (Å²) in [5.41, 5.74) is 1.90. The number of aromatic nitrogens is 2. The Kier molecular flexibility index (Phi) is 5.09. The van der Waals surface area contributed by atoms with Crippen molar-refractivity contribution in [3.63, 3.8) is 0 Å². The molecule has 0 saturated heterocycles. The average molecular weight is 398 g/mol. The minimum Gasteiger partial charge on any atom is -0.325 e. The molecule has 0 radical (unpaired) electrons. The zero-order chi connectivity index (χ0) is 17.8. The standard InChI is InChI=1S/C19H16BrN3O2/c1-13-21-17(14-5-3-2-4-6-14)11-19(25)23(13)12-18(24)22-16-9-7-15(20)8-10-16/h2-11H,12H2,1H3,(H,22,24). The topological polar surface area (TPSA) is 64.0 Å². The molecule has 126 valence electrons. The highest BCUT2D eigenvalue weighted by Gasteiger charge is 2.11. The lowest BCUT2D eigenvalue weighted by Gasteiger charge is -2.11. The molecule has 3 rings (SSSR count). The number of hydrogen-bond donors (Lipinski definition) is 1. The van der Waals surface area contributed by atoms with E-state index in [1.165, 1.54) is 10.6 Å². The Hall–Kier alpha value is -2.73. The quantitative estimate of drug-likeness (QED) is 0.730. The molecular formula is C19H16BrN3O2. The second-order valence-corrected chi connectivity index (χ2v) is 6.45. The van der Waals surface area contributed by atoms with Gasteiger partial charge in [-0.15, -0.1) is 0 Å². The number of rotatable bonds is 4. The van der Waals surface area contributed by atoms with E-state index < -0.39 is 0 Å². The molecule has 0 aliphatic carbocycles. The van der Waals surface area contributed by atoms with E-state index in [0.717, 1.165) is 10.0 Å². The van der Waals surface area contributed by atoms with Crippen molar-refractivity contribution in [3.05, 3.63) is 81.3 Å². The van der Waals surface area contributed by atoms with Crippen LogP contribution in [-0.4, -0.2) is 15.5 Å². The van der Waals surface area contributed by atoms with Gasteiger partial charge in [0.15, 0.2) is 0 Å². The Bertz CT molecular complexity index is 951. The van der Waals surface area contributed by atoms with Gasteiger partial charge in [0.05, 0.1) is 5.69 Å². The zero-order valence-electron chi connectivity index (χ0n) is 13.6. The third-order valence-corrected chi connectivity index (χ3v) is 4.23. The van der Waals surface area contributed by atoms with E-state index in [1.807, 2.05) is 42.5 Å². The molecule has 1 N–H and O–H groups in total. The minimum atomic E-state index is -0.276. The highest BCUT2D eigenvalue weighted by molar-refractivity contribution is 9.10. The number of aryl methyl sites for hydroxylation is 1. The number of hydrogen-bond acceptors (Lipinski definition) is 3. The number of benzene rings is 2. The first-order valence-electron chi connectivity index (χ1n) is 7.72. The van der Waals surface area contributed by atoms with Crippen LogP contribution in [0.3, 0.4) is 0 Å². The van der Waals surface area contributed by atoms with Crippen molar-refractivity contribution >= 4 is 27.5 Å². The van der Waals surface area contributed by atoms with Crippen LogP contribution in [0.1, 0.15) is 5.82 Å². The largest absolute Gasteiger partial charge is 0.325 e. The van der Waals surface area contributed by atoms with E-state index in [2.05, 4.69) is 26.2 Å². The number of anilines is 1. The Morgan fingerprint density at radius 2 is 1.80 bits per heavy atom. The number of nitrogens with one attached hydrogen (secondary N) is 1. The average Bonchev–Trinajstić information content (AvgIpc) is 2.61. The van der Waals surface area contributed by atoms with Gasteiger partial charge in [0.25, 0.3) is 5.56 Å². The summed E-state index contributed by atoms with van der Waals surface area (Å²) in [6.45, 7) is 1.64. The van der Waals surface area contributed by atoms with Crippen LogP contribution >= 0.6 is 15.9 Å². The summed E-state index contributed by atoms with van der Waals surface area (Å²) >= 11 is 3.34. The molecular weight excluding hydrogens is 382 g/mol. The summed E-state index contributed by atoms with van der Waals surface area (Å²) in [6, 6.07) is 18.2. The number of carbonyl (C=O) groups is 1. The summed E-state index contributed by atoms with van der Waals surface area (Å²) in [4.78, 5) is 29.1. The monoisotopic (exact) mass is 397 g/mol. The fourth-order valence-electron chi connectivity index (χ4n) is 2.45. The highest BCUT2D eigenvalue weighted by Crippen LogP contribution is 2.15. The third-order valence-electron chi connectivity index (χ3n) is 3.70. The van der Waals surface area contributed by atoms with Crippen LogP contribution in [0.15, 0.2) is 69.9 Å². The van der Waals surface area contributed by atoms with Crippen LogP contribution in [-0.2, 0) is 11.3 Å². The van der Waals surface area contributed by atoms with E-state index >= 15 is 0 Å². The first-order valence-corrected chi connectivity index (χ1v) is 8.51. The van der Waals surface area contributed by atoms with Crippen molar-refractivity contribution in [2.75, 3.05) is 5.32 Å². The molecule has 0 atom stereocenters. The normalized spacial score (nSPS) is 10.5. The zero-order valence-corrected chi connectivity index (χ0v) is 15.2. The van der Waals surface area contributed by atoms with Gasteiger partial charge in [-0.25, -0.2) is 4.98 Å². The van der Waals surface area contributed by atoms with Crippen LogP contribution < -0.4 is 10.9 Å². The van der Waals surface area contributed by atoms with Crippen LogP contribution in [0.25, 0.3) is 11.3 Å². The fourth-order valence-corrected chi connectivity index (χ4v) is 2.71. The predicted octanol–water partition coefficient (Wildman–Crippen LogP) is 3.62. The van der Waals surface area contributed by atoms with E-state index in [-0.39, 0.29) is 18.0 Å². The summed E-state index contributed by atoms with van der Waals surface area (Å²) in [5.74, 6) is 0.221. The Morgan fingerprint density at radius 3 is 2.44 bits per heavy atom. The van der Waals surface area contributed by atoms with Gasteiger partial charge in [0, 0.05) is 21.8 Å². The van der Waals surface area contributed by atoms with Gasteiger partial charge in [-0.3, -0.25) is 14.2 Å². The second kappa shape index (κ2) is 7.44. The summed E-state index contributed by atoms with van der Waals surface area (Å²) < 4.78 is 2.29. The molecule has 1 amide bonds. The molecule has 2 aromatic carbocycles. The lowest BCUT2D eigenvalue weighted by atomic mass is 10.1. The van der Waals surface area contributed by atoms with Gasteiger partial charge in [-0.05, 0) is 31.2 Å². The van der Waals surface area contributed by atoms with Gasteiger partial charge in [-0.2, -0.15) is 0 Å². The predicted molar refractivity (Wildman–Crippen MR) is 101 cm³/mol. The molecule has 1 heterocycles. The second-order valence-electron chi connectivity index (χ2n) is 5.53. The molecule has 0 saturated carbocycles. The van der Waals surface area contributed by atoms with Crippen LogP contribution in [0.5, 0.6) is 0 Å². The number of amides is 1. The Balaban J connectivity index is 1.79. The maximum Gasteiger partial charge on any atom is 0.254 e. The molecule has 0 aliphatic rings. The molecule has 5 nitrogen and oxygen atoms in total. The third kappa shape index (κ3) is 4.22. The lowest BCUT2D eigenvalue weighted by Crippen LogP contribution is -2.29. The molecule has 0 unspecified atom stereocenters. The van der Waals surface area contributed by atoms with Gasteiger partial charge in [0.2, 0.25) is 5.91 Å². The fraction of sp³-hybridized carbons (Fsp3) is 0.105. The smallest absolute Gasteiger partial charge is 0.254 e. The summed E-state index contributed by atoms with van der Waals surface area (Å²) in [7, 11) is 0. The SMILES string of the molecule is Cc1nc(-c2ccccc2)cc(=O)n1CC(=O)Nc1ccc(Br)cc1. The maximum atomic E-state index is 12.4. The van der Waals surface area contributed by atoms with Crippen molar-refractivity contribution < 1.29 is 4.79 Å². The van der Waals surface area contributed by atoms with Crippen molar-refractivity contribution in [2.45, 2.75) is 13.5 Å². The van der Waals surface area contributed by atoms with Gasteiger partial charge < -0.3 is 5.32 Å². The van der Waals surface area contributed by atoms with Crippen LogP contribution in [0.4, 0.5) is 5.69 Å². The molecule has 0 aliphatic heterocycles. The van der Waals surface area contributed by atoms with E-state index in [9.17, 15) is 9.59 Å². The van der Waals surface area contributed by atoms with Gasteiger partial charge >= 0.3 is 0 Å². The molecule has 25 heavy (non-hydrogen) atoms. The Labute approximate surface area is 153 Å². The van der Waals surface area contributed by atoms with E-state index in [0.29, 0.717) is 17.2 Å². The lowest BCUT2D eigenvalue weighted by molar-refractivity contribution is -0.116. The molecule has 3 aromatic rings. The maximum absolute atomic E-state index is 12.4. The van der Waals surface area contributed by atoms with Crippen molar-refractivity contribution in [3.8, 4) is 11.3 Å². The van der Waals surface area contributed by atoms with Crippen molar-refractivity contribution in [1.29, 1.82) is 0 Å². The summed E-state index contributed by atoms with van der Waals surface area (Å²) in [5, 5.41) is 2.77. The van der Waals surface area contributed by atoms with Crippen LogP contribution in [0.2, 0.25) is 0 Å². The molecule has 0 fully saturated rings. The molecule has 1 aromatic heterocycles. The first-order chi connectivity index (χ1) is 12.0. The summed E-state index contributed by atoms with van der Waals surface area (Å²) in [6.07, 6.45) is 0. The highest BCUT2D eigenvalue weighted by atomic mass is 79.9. The molecule has 6 heteroatoms. The number of carbonyl (C=O) groups excluding carboxylic acids is 1. The molecule has 0 spiro atoms. The van der Waals surface area contributed by atoms with Crippen molar-refractivity contribution in [2.24, 2.45) is 0 Å². The minimum absolute atomic E-state index is 0.0806. The van der Waals surface area contributed by atoms with E-state index in [1.54, 1.807) is 19.1 Å². The van der Waals surface area contributed by atoms with E-state index in [4.69, 9.17) is 0 Å². The van der Waals surface area contributed by atoms with Crippen molar-refractivity contribution in [1.82, 2.24) is 9.55 Å². The van der Waals surface area contributed by atoms with Gasteiger partial charge in [-0.1, -0.05) is 46.3 Å². The first kappa shape index (κ1) is 17.1.